The molecule has 126 valence electrons. The Labute approximate surface area is 140 Å². The van der Waals surface area contributed by atoms with Crippen LogP contribution in [0.5, 0.6) is 0 Å². The van der Waals surface area contributed by atoms with Crippen molar-refractivity contribution in [3.63, 3.8) is 0 Å². The van der Waals surface area contributed by atoms with Crippen molar-refractivity contribution in [1.29, 1.82) is 0 Å². The number of carboxylic acids is 1. The van der Waals surface area contributed by atoms with Gasteiger partial charge >= 0.3 is 5.97 Å². The number of carboxylic acid groups (broad SMARTS) is 1. The fraction of sp³-hybridized carbons (Fsp3) is 0.600. The maximum Gasteiger partial charge on any atom is 0.309 e. The van der Waals surface area contributed by atoms with E-state index in [2.05, 4.69) is 49.6 Å². The van der Waals surface area contributed by atoms with Gasteiger partial charge in [-0.2, -0.15) is 4.58 Å². The van der Waals surface area contributed by atoms with Crippen molar-refractivity contribution in [2.45, 2.75) is 71.1 Å². The minimum Gasteiger partial charge on any atom is -0.481 e. The molecule has 0 fully saturated rings. The summed E-state index contributed by atoms with van der Waals surface area (Å²) in [6.45, 7) is 7.27. The monoisotopic (exact) mass is 316 g/mol. The molecule has 0 bridgehead atoms. The molecule has 1 aliphatic rings. The summed E-state index contributed by atoms with van der Waals surface area (Å²) in [5, 5.41) is 9.09. The van der Waals surface area contributed by atoms with Crippen LogP contribution >= 0.6 is 0 Å². The highest BCUT2D eigenvalue weighted by molar-refractivity contribution is 5.94. The van der Waals surface area contributed by atoms with Gasteiger partial charge in [-0.15, -0.1) is 0 Å². The first-order chi connectivity index (χ1) is 11.1. The van der Waals surface area contributed by atoms with Crippen molar-refractivity contribution in [1.82, 2.24) is 0 Å². The fourth-order valence-electron chi connectivity index (χ4n) is 3.96. The lowest BCUT2D eigenvalue weighted by molar-refractivity contribution is -0.438. The number of benzene rings is 1. The van der Waals surface area contributed by atoms with Crippen LogP contribution in [0, 0.1) is 0 Å². The third-order valence-electron chi connectivity index (χ3n) is 5.27. The number of hydrogen-bond donors (Lipinski definition) is 1. The van der Waals surface area contributed by atoms with Crippen LogP contribution in [0.2, 0.25) is 0 Å². The summed E-state index contributed by atoms with van der Waals surface area (Å²) in [5.41, 5.74) is 4.08. The number of unbranched alkanes of at least 4 members (excludes halogenated alkanes) is 2. The molecule has 3 heteroatoms. The van der Waals surface area contributed by atoms with Crippen LogP contribution < -0.4 is 0 Å². The molecule has 0 aliphatic carbocycles. The number of hydrogen-bond acceptors (Lipinski definition) is 1. The Hall–Kier alpha value is -1.64. The highest BCUT2D eigenvalue weighted by Gasteiger charge is 2.48. The van der Waals surface area contributed by atoms with Crippen molar-refractivity contribution < 1.29 is 14.5 Å². The van der Waals surface area contributed by atoms with Gasteiger partial charge in [0.2, 0.25) is 5.69 Å². The third-order valence-corrected chi connectivity index (χ3v) is 5.27. The van der Waals surface area contributed by atoms with Crippen molar-refractivity contribution in [2.24, 2.45) is 0 Å². The highest BCUT2D eigenvalue weighted by atomic mass is 16.4. The van der Waals surface area contributed by atoms with Gasteiger partial charge in [-0.25, -0.2) is 0 Å². The zero-order valence-corrected chi connectivity index (χ0v) is 14.8. The van der Waals surface area contributed by atoms with E-state index < -0.39 is 5.97 Å². The summed E-state index contributed by atoms with van der Waals surface area (Å²) in [6, 6.07) is 8.60. The van der Waals surface area contributed by atoms with Crippen LogP contribution in [0.15, 0.2) is 24.3 Å². The fourth-order valence-corrected chi connectivity index (χ4v) is 3.96. The molecule has 23 heavy (non-hydrogen) atoms. The van der Waals surface area contributed by atoms with Crippen LogP contribution in [-0.2, 0) is 10.2 Å². The first-order valence-corrected chi connectivity index (χ1v) is 8.99. The predicted octanol–water partition coefficient (Wildman–Crippen LogP) is 4.90. The van der Waals surface area contributed by atoms with Crippen LogP contribution in [0.3, 0.4) is 0 Å². The first-order valence-electron chi connectivity index (χ1n) is 8.99. The second kappa shape index (κ2) is 7.76. The maximum absolute atomic E-state index is 11.0. The summed E-state index contributed by atoms with van der Waals surface area (Å²) < 4.78 is 2.26. The predicted molar refractivity (Wildman–Crippen MR) is 94.9 cm³/mol. The Balaban J connectivity index is 2.47. The molecule has 1 aromatic rings. The first kappa shape index (κ1) is 17.7. The lowest BCUT2D eigenvalue weighted by Crippen LogP contribution is -2.34. The minimum absolute atomic E-state index is 0.0983. The Morgan fingerprint density at radius 1 is 1.13 bits per heavy atom. The number of rotatable bonds is 9. The van der Waals surface area contributed by atoms with E-state index in [1.54, 1.807) is 0 Å². The molecule has 1 aliphatic heterocycles. The van der Waals surface area contributed by atoms with Gasteiger partial charge in [0.1, 0.15) is 6.42 Å². The Kier molecular flexibility index (Phi) is 5.97. The van der Waals surface area contributed by atoms with Gasteiger partial charge in [-0.3, -0.25) is 4.79 Å². The molecule has 0 amide bonds. The molecule has 0 saturated carbocycles. The molecule has 1 N–H and O–H groups in total. The summed E-state index contributed by atoms with van der Waals surface area (Å²) >= 11 is 0. The van der Waals surface area contributed by atoms with Gasteiger partial charge in [-0.1, -0.05) is 57.7 Å². The molecule has 0 spiro atoms. The minimum atomic E-state index is -0.727. The molecule has 0 atom stereocenters. The molecule has 1 aromatic carbocycles. The standard InChI is InChI=1S/C20H29NO2/c1-4-6-13-20(14-7-5-2)16(3)21(15-12-19(22)23)18-11-9-8-10-17(18)20/h8-11H,4-7,12-15H2,1-3H3/p+1. The van der Waals surface area contributed by atoms with E-state index in [0.29, 0.717) is 6.54 Å². The third kappa shape index (κ3) is 3.49. The van der Waals surface area contributed by atoms with E-state index >= 15 is 0 Å². The summed E-state index contributed by atoms with van der Waals surface area (Å²) in [7, 11) is 0. The van der Waals surface area contributed by atoms with Gasteiger partial charge in [0.05, 0.1) is 5.41 Å². The van der Waals surface area contributed by atoms with Crippen LogP contribution in [0.25, 0.3) is 0 Å². The van der Waals surface area contributed by atoms with E-state index in [1.807, 2.05) is 0 Å². The smallest absolute Gasteiger partial charge is 0.309 e. The average molecular weight is 316 g/mol. The Bertz CT molecular complexity index is 581. The van der Waals surface area contributed by atoms with Crippen molar-refractivity contribution in [3.05, 3.63) is 29.8 Å². The SMILES string of the molecule is CCCCC1(CCCC)C(C)=[N+](CCC(=O)O)c2ccccc21. The van der Waals surface area contributed by atoms with Gasteiger partial charge in [-0.05, 0) is 12.8 Å². The largest absolute Gasteiger partial charge is 0.481 e. The van der Waals surface area contributed by atoms with Gasteiger partial charge < -0.3 is 5.11 Å². The van der Waals surface area contributed by atoms with E-state index in [0.717, 1.165) is 12.8 Å². The number of carbonyl (C=O) groups is 1. The lowest BCUT2D eigenvalue weighted by atomic mass is 9.71. The van der Waals surface area contributed by atoms with Crippen LogP contribution in [0.4, 0.5) is 5.69 Å². The quantitative estimate of drug-likeness (QED) is 0.658. The molecule has 0 radical (unpaired) electrons. The zero-order chi connectivity index (χ0) is 16.9. The summed E-state index contributed by atoms with van der Waals surface area (Å²) in [4.78, 5) is 11.0. The molecule has 3 nitrogen and oxygen atoms in total. The highest BCUT2D eigenvalue weighted by Crippen LogP contribution is 2.46. The molecule has 1 heterocycles. The normalized spacial score (nSPS) is 15.8. The van der Waals surface area contributed by atoms with Gasteiger partial charge in [0.25, 0.3) is 0 Å². The molecular formula is C20H30NO2+. The molecule has 0 aromatic heterocycles. The number of aliphatic carboxylic acids is 1. The zero-order valence-electron chi connectivity index (χ0n) is 14.8. The number of nitrogens with zero attached hydrogens (tertiary/aromatic N) is 1. The maximum atomic E-state index is 11.0. The summed E-state index contributed by atoms with van der Waals surface area (Å²) in [5.74, 6) is -0.727. The van der Waals surface area contributed by atoms with E-state index in [4.69, 9.17) is 5.11 Å². The Morgan fingerprint density at radius 3 is 2.30 bits per heavy atom. The second-order valence-electron chi connectivity index (χ2n) is 6.69. The topological polar surface area (TPSA) is 40.3 Å². The summed E-state index contributed by atoms with van der Waals surface area (Å²) in [6.07, 6.45) is 7.32. The number of para-hydroxylation sites is 1. The molecular weight excluding hydrogens is 286 g/mol. The van der Waals surface area contributed by atoms with Gasteiger partial charge in [0.15, 0.2) is 12.3 Å². The van der Waals surface area contributed by atoms with E-state index in [-0.39, 0.29) is 11.8 Å². The molecule has 0 unspecified atom stereocenters. The van der Waals surface area contributed by atoms with E-state index in [1.165, 1.54) is 42.6 Å². The van der Waals surface area contributed by atoms with Crippen LogP contribution in [-0.4, -0.2) is 27.9 Å². The van der Waals surface area contributed by atoms with Gasteiger partial charge in [0, 0.05) is 18.6 Å². The van der Waals surface area contributed by atoms with Crippen molar-refractivity contribution in [2.75, 3.05) is 6.54 Å². The van der Waals surface area contributed by atoms with Crippen molar-refractivity contribution >= 4 is 17.4 Å². The molecule has 2 rings (SSSR count). The Morgan fingerprint density at radius 2 is 1.74 bits per heavy atom. The molecule has 0 saturated heterocycles. The van der Waals surface area contributed by atoms with Crippen molar-refractivity contribution in [3.8, 4) is 0 Å². The number of fused-ring (bicyclic) bond motifs is 1. The second-order valence-corrected chi connectivity index (χ2v) is 6.69. The lowest BCUT2D eigenvalue weighted by Gasteiger charge is -2.27. The van der Waals surface area contributed by atoms with Crippen LogP contribution in [0.1, 0.15) is 71.3 Å². The van der Waals surface area contributed by atoms with E-state index in [9.17, 15) is 4.79 Å². The average Bonchev–Trinajstić information content (AvgIpc) is 2.78.